The minimum Gasteiger partial charge on any atom is -0.382 e. The highest BCUT2D eigenvalue weighted by Crippen LogP contribution is 2.24. The fourth-order valence-electron chi connectivity index (χ4n) is 1.86. The average Bonchev–Trinajstić information content (AvgIpc) is 2.73. The number of amides is 1. The molecule has 0 aliphatic heterocycles. The minimum absolute atomic E-state index is 0.134. The van der Waals surface area contributed by atoms with Gasteiger partial charge in [0.25, 0.3) is 5.91 Å². The summed E-state index contributed by atoms with van der Waals surface area (Å²) in [5.41, 5.74) is 6.50. The van der Waals surface area contributed by atoms with Crippen molar-refractivity contribution in [3.63, 3.8) is 0 Å². The molecule has 2 aromatic rings. The van der Waals surface area contributed by atoms with E-state index < -0.39 is 11.7 Å². The van der Waals surface area contributed by atoms with Gasteiger partial charge in [-0.25, -0.2) is 4.39 Å². The normalized spacial score (nSPS) is 10.6. The molecule has 0 aliphatic rings. The van der Waals surface area contributed by atoms with Crippen molar-refractivity contribution in [2.75, 3.05) is 11.9 Å². The molecular formula is C13H14BrFN4O. The summed E-state index contributed by atoms with van der Waals surface area (Å²) in [6.07, 6.45) is 3.66. The third-order valence-electron chi connectivity index (χ3n) is 2.72. The first-order chi connectivity index (χ1) is 9.47. The molecule has 5 nitrogen and oxygen atoms in total. The van der Waals surface area contributed by atoms with E-state index in [2.05, 4.69) is 26.3 Å². The van der Waals surface area contributed by atoms with Crippen molar-refractivity contribution in [2.45, 2.75) is 13.5 Å². The van der Waals surface area contributed by atoms with Crippen LogP contribution >= 0.6 is 15.9 Å². The second kappa shape index (κ2) is 6.04. The highest BCUT2D eigenvalue weighted by Gasteiger charge is 2.15. The summed E-state index contributed by atoms with van der Waals surface area (Å²) >= 11 is 3.19. The third kappa shape index (κ3) is 3.36. The number of hydrogen-bond donors (Lipinski definition) is 2. The Labute approximate surface area is 124 Å². The molecule has 0 bridgehead atoms. The van der Waals surface area contributed by atoms with E-state index >= 15 is 0 Å². The molecule has 0 unspecified atom stereocenters. The van der Waals surface area contributed by atoms with Crippen molar-refractivity contribution in [2.24, 2.45) is 5.73 Å². The predicted molar refractivity (Wildman–Crippen MR) is 78.1 cm³/mol. The van der Waals surface area contributed by atoms with Gasteiger partial charge in [-0.15, -0.1) is 0 Å². The van der Waals surface area contributed by atoms with Crippen molar-refractivity contribution in [3.05, 3.63) is 45.9 Å². The maximum atomic E-state index is 13.7. The van der Waals surface area contributed by atoms with Crippen LogP contribution in [-0.2, 0) is 6.54 Å². The Morgan fingerprint density at radius 1 is 1.55 bits per heavy atom. The number of carbonyl (C=O) groups excluding carboxylic acids is 1. The fraction of sp³-hybridized carbons (Fsp3) is 0.231. The summed E-state index contributed by atoms with van der Waals surface area (Å²) in [4.78, 5) is 11.3. The van der Waals surface area contributed by atoms with E-state index in [1.54, 1.807) is 16.9 Å². The van der Waals surface area contributed by atoms with E-state index in [9.17, 15) is 9.18 Å². The SMILES string of the molecule is Cc1cnn(CCNc2cc(Br)cc(F)c2C(N)=O)c1. The largest absolute Gasteiger partial charge is 0.382 e. The molecule has 106 valence electrons. The van der Waals surface area contributed by atoms with Gasteiger partial charge >= 0.3 is 0 Å². The smallest absolute Gasteiger partial charge is 0.253 e. The second-order valence-electron chi connectivity index (χ2n) is 4.38. The lowest BCUT2D eigenvalue weighted by Crippen LogP contribution is -2.18. The van der Waals surface area contributed by atoms with E-state index in [0.29, 0.717) is 23.2 Å². The van der Waals surface area contributed by atoms with E-state index in [1.807, 2.05) is 13.1 Å². The molecule has 0 spiro atoms. The van der Waals surface area contributed by atoms with Gasteiger partial charge in [0.05, 0.1) is 24.0 Å². The van der Waals surface area contributed by atoms with Crippen LogP contribution in [0.2, 0.25) is 0 Å². The summed E-state index contributed by atoms with van der Waals surface area (Å²) < 4.78 is 16.0. The van der Waals surface area contributed by atoms with Crippen molar-refractivity contribution in [3.8, 4) is 0 Å². The molecule has 0 aliphatic carbocycles. The second-order valence-corrected chi connectivity index (χ2v) is 5.30. The number of carbonyl (C=O) groups is 1. The number of hydrogen-bond acceptors (Lipinski definition) is 3. The molecule has 0 saturated carbocycles. The summed E-state index contributed by atoms with van der Waals surface area (Å²) in [5, 5.41) is 7.14. The molecular weight excluding hydrogens is 327 g/mol. The Balaban J connectivity index is 2.10. The highest BCUT2D eigenvalue weighted by molar-refractivity contribution is 9.10. The zero-order valence-electron chi connectivity index (χ0n) is 10.9. The predicted octanol–water partition coefficient (Wildman–Crippen LogP) is 2.30. The molecule has 20 heavy (non-hydrogen) atoms. The van der Waals surface area contributed by atoms with E-state index in [1.165, 1.54) is 6.07 Å². The van der Waals surface area contributed by atoms with Crippen molar-refractivity contribution in [1.82, 2.24) is 9.78 Å². The van der Waals surface area contributed by atoms with Crippen LogP contribution in [0.15, 0.2) is 29.0 Å². The molecule has 0 saturated heterocycles. The van der Waals surface area contributed by atoms with E-state index in [0.717, 1.165) is 5.56 Å². The topological polar surface area (TPSA) is 72.9 Å². The number of aryl methyl sites for hydroxylation is 1. The van der Waals surface area contributed by atoms with Crippen LogP contribution in [0.4, 0.5) is 10.1 Å². The molecule has 1 amide bonds. The van der Waals surface area contributed by atoms with Crippen LogP contribution in [-0.4, -0.2) is 22.2 Å². The number of rotatable bonds is 5. The first-order valence-corrected chi connectivity index (χ1v) is 6.78. The first kappa shape index (κ1) is 14.5. The van der Waals surface area contributed by atoms with Gasteiger partial charge in [0.1, 0.15) is 5.82 Å². The summed E-state index contributed by atoms with van der Waals surface area (Å²) in [6, 6.07) is 2.83. The van der Waals surface area contributed by atoms with Crippen LogP contribution in [0.1, 0.15) is 15.9 Å². The number of halogens is 2. The van der Waals surface area contributed by atoms with Crippen LogP contribution < -0.4 is 11.1 Å². The Bertz CT molecular complexity index is 641. The molecule has 1 aromatic heterocycles. The molecule has 3 N–H and O–H groups in total. The number of benzene rings is 1. The number of primary amides is 1. The van der Waals surface area contributed by atoms with Crippen molar-refractivity contribution >= 4 is 27.5 Å². The Hall–Kier alpha value is -1.89. The number of nitrogens with one attached hydrogen (secondary N) is 1. The maximum Gasteiger partial charge on any atom is 0.253 e. The monoisotopic (exact) mass is 340 g/mol. The van der Waals surface area contributed by atoms with Gasteiger partial charge in [-0.1, -0.05) is 15.9 Å². The van der Waals surface area contributed by atoms with Gasteiger partial charge < -0.3 is 11.1 Å². The standard InChI is InChI=1S/C13H14BrFN4O/c1-8-6-18-19(7-8)3-2-17-11-5-9(14)4-10(15)12(11)13(16)20/h4-7,17H,2-3H2,1H3,(H2,16,20). The Morgan fingerprint density at radius 3 is 2.90 bits per heavy atom. The van der Waals surface area contributed by atoms with Crippen LogP contribution in [0.25, 0.3) is 0 Å². The molecule has 2 rings (SSSR count). The molecule has 0 radical (unpaired) electrons. The zero-order valence-corrected chi connectivity index (χ0v) is 12.4. The number of anilines is 1. The van der Waals surface area contributed by atoms with E-state index in [4.69, 9.17) is 5.73 Å². The molecule has 1 heterocycles. The fourth-order valence-corrected chi connectivity index (χ4v) is 2.29. The van der Waals surface area contributed by atoms with Crippen molar-refractivity contribution in [1.29, 1.82) is 0 Å². The van der Waals surface area contributed by atoms with Gasteiger partial charge in [0.15, 0.2) is 0 Å². The minimum atomic E-state index is -0.799. The summed E-state index contributed by atoms with van der Waals surface area (Å²) in [5.74, 6) is -1.45. The van der Waals surface area contributed by atoms with Gasteiger partial charge in [-0.3, -0.25) is 9.48 Å². The van der Waals surface area contributed by atoms with E-state index in [-0.39, 0.29) is 5.56 Å². The van der Waals surface area contributed by atoms with Crippen LogP contribution in [0.3, 0.4) is 0 Å². The quantitative estimate of drug-likeness (QED) is 0.877. The van der Waals surface area contributed by atoms with Crippen molar-refractivity contribution < 1.29 is 9.18 Å². The lowest BCUT2D eigenvalue weighted by Gasteiger charge is -2.11. The van der Waals surface area contributed by atoms with Gasteiger partial charge in [-0.05, 0) is 24.6 Å². The molecule has 0 fully saturated rings. The average molecular weight is 341 g/mol. The van der Waals surface area contributed by atoms with Crippen LogP contribution in [0.5, 0.6) is 0 Å². The number of nitrogens with zero attached hydrogens (tertiary/aromatic N) is 2. The Kier molecular flexibility index (Phi) is 4.39. The summed E-state index contributed by atoms with van der Waals surface area (Å²) in [7, 11) is 0. The first-order valence-electron chi connectivity index (χ1n) is 5.99. The highest BCUT2D eigenvalue weighted by atomic mass is 79.9. The molecule has 1 aromatic carbocycles. The van der Waals surface area contributed by atoms with Gasteiger partial charge in [0.2, 0.25) is 0 Å². The Morgan fingerprint density at radius 2 is 2.30 bits per heavy atom. The lowest BCUT2D eigenvalue weighted by molar-refractivity contribution is 0.0997. The third-order valence-corrected chi connectivity index (χ3v) is 3.18. The molecule has 0 atom stereocenters. The number of aromatic nitrogens is 2. The maximum absolute atomic E-state index is 13.7. The van der Waals surface area contributed by atoms with Crippen LogP contribution in [0, 0.1) is 12.7 Å². The number of nitrogens with two attached hydrogens (primary N) is 1. The van der Waals surface area contributed by atoms with Gasteiger partial charge in [-0.2, -0.15) is 5.10 Å². The van der Waals surface area contributed by atoms with Gasteiger partial charge in [0, 0.05) is 17.2 Å². The zero-order chi connectivity index (χ0) is 14.7. The lowest BCUT2D eigenvalue weighted by atomic mass is 10.1. The molecule has 7 heteroatoms. The summed E-state index contributed by atoms with van der Waals surface area (Å²) in [6.45, 7) is 3.04.